The Kier molecular flexibility index (Phi) is 2.93. The van der Waals surface area contributed by atoms with E-state index >= 15 is 0 Å². The Bertz CT molecular complexity index is 617. The van der Waals surface area contributed by atoms with Crippen LogP contribution in [-0.4, -0.2) is 20.9 Å². The van der Waals surface area contributed by atoms with Gasteiger partial charge in [0.25, 0.3) is 0 Å². The first-order valence-corrected chi connectivity index (χ1v) is 5.05. The normalized spacial score (nSPS) is 11.5. The molecular formula is C11H8F3N3O2. The number of carboxylic acids is 1. The van der Waals surface area contributed by atoms with Gasteiger partial charge in [0.1, 0.15) is 0 Å². The summed E-state index contributed by atoms with van der Waals surface area (Å²) in [6, 6.07) is 5.22. The molecule has 0 aliphatic carbocycles. The van der Waals surface area contributed by atoms with Gasteiger partial charge in [-0.15, -0.1) is 0 Å². The Morgan fingerprint density at radius 3 is 2.26 bits per heavy atom. The summed E-state index contributed by atoms with van der Waals surface area (Å²) < 4.78 is 38.5. The Hall–Kier alpha value is -2.51. The third kappa shape index (κ3) is 2.51. The van der Waals surface area contributed by atoms with Gasteiger partial charge in [-0.2, -0.15) is 18.3 Å². The number of hydrogen-bond acceptors (Lipinski definition) is 3. The molecule has 2 rings (SSSR count). The van der Waals surface area contributed by atoms with Gasteiger partial charge >= 0.3 is 12.1 Å². The lowest BCUT2D eigenvalue weighted by Crippen LogP contribution is -2.09. The Morgan fingerprint density at radius 2 is 1.84 bits per heavy atom. The summed E-state index contributed by atoms with van der Waals surface area (Å²) >= 11 is 0. The number of nitrogen functional groups attached to an aromatic ring is 1. The van der Waals surface area contributed by atoms with Crippen molar-refractivity contribution in [1.29, 1.82) is 0 Å². The third-order valence-corrected chi connectivity index (χ3v) is 2.39. The lowest BCUT2D eigenvalue weighted by Gasteiger charge is -2.03. The molecule has 1 aromatic carbocycles. The van der Waals surface area contributed by atoms with Gasteiger partial charge in [0.05, 0.1) is 23.1 Å². The fourth-order valence-corrected chi connectivity index (χ4v) is 1.50. The first kappa shape index (κ1) is 12.9. The standard InChI is InChI=1S/C11H8F3N3O2/c12-11(13,14)9-8(15)5-17(16-9)7-3-1-6(2-4-7)10(18)19/h1-5H,15H2,(H,18,19). The van der Waals surface area contributed by atoms with Crippen LogP contribution < -0.4 is 5.73 Å². The van der Waals surface area contributed by atoms with Crippen LogP contribution in [0.4, 0.5) is 18.9 Å². The topological polar surface area (TPSA) is 81.1 Å². The van der Waals surface area contributed by atoms with Crippen molar-refractivity contribution in [1.82, 2.24) is 9.78 Å². The second kappa shape index (κ2) is 4.30. The fourth-order valence-electron chi connectivity index (χ4n) is 1.50. The van der Waals surface area contributed by atoms with Crippen molar-refractivity contribution in [2.45, 2.75) is 6.18 Å². The van der Waals surface area contributed by atoms with Crippen molar-refractivity contribution in [2.75, 3.05) is 5.73 Å². The van der Waals surface area contributed by atoms with Crippen LogP contribution in [0.1, 0.15) is 16.1 Å². The fraction of sp³-hybridized carbons (Fsp3) is 0.0909. The van der Waals surface area contributed by atoms with E-state index in [1.165, 1.54) is 24.3 Å². The zero-order valence-electron chi connectivity index (χ0n) is 9.35. The summed E-state index contributed by atoms with van der Waals surface area (Å²) in [6.07, 6.45) is -3.60. The van der Waals surface area contributed by atoms with Crippen molar-refractivity contribution in [3.63, 3.8) is 0 Å². The zero-order chi connectivity index (χ0) is 14.2. The molecule has 2 aromatic rings. The molecule has 0 aliphatic rings. The summed E-state index contributed by atoms with van der Waals surface area (Å²) in [5, 5.41) is 12.1. The predicted octanol–water partition coefficient (Wildman–Crippen LogP) is 2.17. The monoisotopic (exact) mass is 271 g/mol. The van der Waals surface area contributed by atoms with E-state index in [0.717, 1.165) is 10.9 Å². The van der Waals surface area contributed by atoms with Gasteiger partial charge in [0, 0.05) is 0 Å². The number of rotatable bonds is 2. The average Bonchev–Trinajstić information content (AvgIpc) is 2.71. The van der Waals surface area contributed by atoms with Gasteiger partial charge < -0.3 is 10.8 Å². The number of nitrogens with zero attached hydrogens (tertiary/aromatic N) is 2. The third-order valence-electron chi connectivity index (χ3n) is 2.39. The van der Waals surface area contributed by atoms with Crippen LogP contribution >= 0.6 is 0 Å². The van der Waals surface area contributed by atoms with E-state index in [0.29, 0.717) is 0 Å². The highest BCUT2D eigenvalue weighted by Crippen LogP contribution is 2.32. The minimum absolute atomic E-state index is 0.0277. The number of carbonyl (C=O) groups is 1. The Balaban J connectivity index is 2.40. The molecule has 1 heterocycles. The van der Waals surface area contributed by atoms with Crippen molar-refractivity contribution >= 4 is 11.7 Å². The number of nitrogens with two attached hydrogens (primary N) is 1. The van der Waals surface area contributed by atoms with Crippen molar-refractivity contribution in [2.24, 2.45) is 0 Å². The minimum Gasteiger partial charge on any atom is -0.478 e. The summed E-state index contributed by atoms with van der Waals surface area (Å²) in [5.74, 6) is -1.12. The van der Waals surface area contributed by atoms with Gasteiger partial charge in [0.15, 0.2) is 5.69 Å². The Labute approximate surface area is 105 Å². The Morgan fingerprint density at radius 1 is 1.26 bits per heavy atom. The van der Waals surface area contributed by atoms with Crippen LogP contribution in [0.25, 0.3) is 5.69 Å². The lowest BCUT2D eigenvalue weighted by molar-refractivity contribution is -0.140. The van der Waals surface area contributed by atoms with Crippen molar-refractivity contribution < 1.29 is 23.1 Å². The molecule has 5 nitrogen and oxygen atoms in total. The number of aromatic nitrogens is 2. The van der Waals surface area contributed by atoms with Gasteiger partial charge in [0.2, 0.25) is 0 Å². The van der Waals surface area contributed by atoms with Crippen molar-refractivity contribution in [3.05, 3.63) is 41.7 Å². The molecular weight excluding hydrogens is 263 g/mol. The van der Waals surface area contributed by atoms with E-state index in [9.17, 15) is 18.0 Å². The SMILES string of the molecule is Nc1cn(-c2ccc(C(=O)O)cc2)nc1C(F)(F)F. The molecule has 0 bridgehead atoms. The van der Waals surface area contributed by atoms with Gasteiger partial charge in [-0.3, -0.25) is 0 Å². The van der Waals surface area contributed by atoms with Gasteiger partial charge in [-0.25, -0.2) is 9.48 Å². The summed E-state index contributed by atoms with van der Waals surface area (Å²) in [5.41, 5.74) is 3.90. The maximum atomic E-state index is 12.5. The van der Waals surface area contributed by atoms with Crippen molar-refractivity contribution in [3.8, 4) is 5.69 Å². The maximum absolute atomic E-state index is 12.5. The zero-order valence-corrected chi connectivity index (χ0v) is 9.35. The van der Waals surface area contributed by atoms with E-state index in [1.54, 1.807) is 0 Å². The van der Waals surface area contributed by atoms with E-state index in [2.05, 4.69) is 5.10 Å². The number of halogens is 3. The largest absolute Gasteiger partial charge is 0.478 e. The first-order chi connectivity index (χ1) is 8.79. The van der Waals surface area contributed by atoms with Gasteiger partial charge in [-0.05, 0) is 24.3 Å². The van der Waals surface area contributed by atoms with E-state index in [4.69, 9.17) is 10.8 Å². The highest BCUT2D eigenvalue weighted by molar-refractivity contribution is 5.87. The van der Waals surface area contributed by atoms with Gasteiger partial charge in [-0.1, -0.05) is 0 Å². The van der Waals surface area contributed by atoms with E-state index < -0.39 is 23.5 Å². The number of anilines is 1. The first-order valence-electron chi connectivity index (χ1n) is 5.05. The van der Waals surface area contributed by atoms with Crippen LogP contribution in [0.2, 0.25) is 0 Å². The van der Waals surface area contributed by atoms with E-state index in [1.807, 2.05) is 0 Å². The van der Waals surface area contributed by atoms with Crippen LogP contribution in [-0.2, 0) is 6.18 Å². The number of aromatic carboxylic acids is 1. The van der Waals surface area contributed by atoms with Crippen LogP contribution in [0.3, 0.4) is 0 Å². The number of carboxylic acid groups (broad SMARTS) is 1. The quantitative estimate of drug-likeness (QED) is 0.877. The molecule has 0 atom stereocenters. The molecule has 1 aromatic heterocycles. The average molecular weight is 271 g/mol. The molecule has 0 saturated heterocycles. The summed E-state index contributed by atoms with van der Waals surface area (Å²) in [6.45, 7) is 0. The number of alkyl halides is 3. The molecule has 0 radical (unpaired) electrons. The molecule has 3 N–H and O–H groups in total. The highest BCUT2D eigenvalue weighted by Gasteiger charge is 2.36. The molecule has 0 aliphatic heterocycles. The molecule has 0 saturated carbocycles. The molecule has 19 heavy (non-hydrogen) atoms. The molecule has 0 amide bonds. The van der Waals surface area contributed by atoms with Crippen LogP contribution in [0.15, 0.2) is 30.5 Å². The molecule has 0 fully saturated rings. The van der Waals surface area contributed by atoms with Crippen LogP contribution in [0.5, 0.6) is 0 Å². The summed E-state index contributed by atoms with van der Waals surface area (Å²) in [7, 11) is 0. The molecule has 8 heteroatoms. The number of hydrogen-bond donors (Lipinski definition) is 2. The predicted molar refractivity (Wildman–Crippen MR) is 59.9 cm³/mol. The minimum atomic E-state index is -4.63. The second-order valence-corrected chi connectivity index (χ2v) is 3.73. The number of benzene rings is 1. The van der Waals surface area contributed by atoms with E-state index in [-0.39, 0.29) is 11.3 Å². The second-order valence-electron chi connectivity index (χ2n) is 3.73. The maximum Gasteiger partial charge on any atom is 0.437 e. The molecule has 100 valence electrons. The lowest BCUT2D eigenvalue weighted by atomic mass is 10.2. The smallest absolute Gasteiger partial charge is 0.437 e. The van der Waals surface area contributed by atoms with Crippen LogP contribution in [0, 0.1) is 0 Å². The highest BCUT2D eigenvalue weighted by atomic mass is 19.4. The molecule has 0 spiro atoms. The summed E-state index contributed by atoms with van der Waals surface area (Å²) in [4.78, 5) is 10.6. The molecule has 0 unspecified atom stereocenters.